The number of nitrogens with one attached hydrogen (secondary N) is 1. The summed E-state index contributed by atoms with van der Waals surface area (Å²) in [5.74, 6) is -0.736. The largest absolute Gasteiger partial charge is 0.366 e. The molecule has 0 saturated carbocycles. The summed E-state index contributed by atoms with van der Waals surface area (Å²) in [6.45, 7) is 0. The number of benzene rings is 2. The number of carbonyl (C=O) groups excluding carboxylic acids is 2. The smallest absolute Gasteiger partial charge is 0.252 e. The first kappa shape index (κ1) is 13.8. The van der Waals surface area contributed by atoms with E-state index in [9.17, 15) is 9.59 Å². The predicted molar refractivity (Wildman–Crippen MR) is 89.5 cm³/mol. The van der Waals surface area contributed by atoms with E-state index in [0.717, 1.165) is 22.9 Å². The van der Waals surface area contributed by atoms with Gasteiger partial charge in [0.1, 0.15) is 0 Å². The Hall–Kier alpha value is -2.88. The van der Waals surface area contributed by atoms with E-state index in [4.69, 9.17) is 5.73 Å². The van der Waals surface area contributed by atoms with Crippen LogP contribution in [0, 0.1) is 11.8 Å². The molecule has 0 aromatic heterocycles. The summed E-state index contributed by atoms with van der Waals surface area (Å²) in [4.78, 5) is 24.5. The van der Waals surface area contributed by atoms with Gasteiger partial charge in [-0.2, -0.15) is 0 Å². The zero-order valence-electron chi connectivity index (χ0n) is 12.5. The van der Waals surface area contributed by atoms with Gasteiger partial charge in [-0.25, -0.2) is 0 Å². The third kappa shape index (κ3) is 2.14. The lowest BCUT2D eigenvalue weighted by Crippen LogP contribution is -2.25. The molecule has 0 aliphatic heterocycles. The summed E-state index contributed by atoms with van der Waals surface area (Å²) in [6, 6.07) is 13.6. The van der Waals surface area contributed by atoms with Crippen LogP contribution < -0.4 is 11.1 Å². The maximum Gasteiger partial charge on any atom is 0.252 e. The molecule has 2 aliphatic carbocycles. The number of amides is 2. The zero-order valence-corrected chi connectivity index (χ0v) is 12.5. The van der Waals surface area contributed by atoms with Crippen LogP contribution in [-0.4, -0.2) is 11.8 Å². The SMILES string of the molecule is NC(=O)C1=C(C(=O)Nc2cccc3ccccc23)C2C=CC1C2. The van der Waals surface area contributed by atoms with Crippen LogP contribution in [0.4, 0.5) is 5.69 Å². The zero-order chi connectivity index (χ0) is 16.0. The molecule has 2 bridgehead atoms. The fraction of sp³-hybridized carbons (Fsp3) is 0.158. The van der Waals surface area contributed by atoms with Crippen molar-refractivity contribution < 1.29 is 9.59 Å². The molecule has 2 amide bonds. The molecule has 2 aromatic rings. The highest BCUT2D eigenvalue weighted by Crippen LogP contribution is 2.44. The van der Waals surface area contributed by atoms with Crippen LogP contribution in [0.15, 0.2) is 65.8 Å². The van der Waals surface area contributed by atoms with Crippen LogP contribution in [0.1, 0.15) is 6.42 Å². The van der Waals surface area contributed by atoms with Gasteiger partial charge in [-0.1, -0.05) is 48.6 Å². The summed E-state index contributed by atoms with van der Waals surface area (Å²) >= 11 is 0. The van der Waals surface area contributed by atoms with Crippen molar-refractivity contribution in [3.63, 3.8) is 0 Å². The van der Waals surface area contributed by atoms with Gasteiger partial charge in [0, 0.05) is 34.1 Å². The van der Waals surface area contributed by atoms with Crippen molar-refractivity contribution in [3.8, 4) is 0 Å². The van der Waals surface area contributed by atoms with Gasteiger partial charge in [-0.15, -0.1) is 0 Å². The lowest BCUT2D eigenvalue weighted by molar-refractivity contribution is -0.116. The molecule has 3 N–H and O–H groups in total. The second-order valence-corrected chi connectivity index (χ2v) is 6.01. The van der Waals surface area contributed by atoms with Crippen LogP contribution in [0.3, 0.4) is 0 Å². The maximum absolute atomic E-state index is 12.8. The highest BCUT2D eigenvalue weighted by atomic mass is 16.2. The van der Waals surface area contributed by atoms with E-state index in [1.807, 2.05) is 54.6 Å². The lowest BCUT2D eigenvalue weighted by Gasteiger charge is -2.15. The molecule has 4 rings (SSSR count). The highest BCUT2D eigenvalue weighted by Gasteiger charge is 2.40. The first-order chi connectivity index (χ1) is 11.1. The number of nitrogens with two attached hydrogens (primary N) is 1. The van der Waals surface area contributed by atoms with Crippen LogP contribution in [0.5, 0.6) is 0 Å². The molecule has 2 unspecified atom stereocenters. The van der Waals surface area contributed by atoms with E-state index < -0.39 is 5.91 Å². The minimum atomic E-state index is -0.495. The Morgan fingerprint density at radius 3 is 2.43 bits per heavy atom. The number of hydrogen-bond acceptors (Lipinski definition) is 2. The topological polar surface area (TPSA) is 72.2 Å². The molecule has 2 aliphatic rings. The molecule has 2 atom stereocenters. The number of fused-ring (bicyclic) bond motifs is 3. The second kappa shape index (κ2) is 5.09. The maximum atomic E-state index is 12.8. The summed E-state index contributed by atoms with van der Waals surface area (Å²) < 4.78 is 0. The van der Waals surface area contributed by atoms with E-state index in [1.54, 1.807) is 0 Å². The third-order valence-electron chi connectivity index (χ3n) is 4.66. The van der Waals surface area contributed by atoms with Crippen molar-refractivity contribution in [2.45, 2.75) is 6.42 Å². The molecule has 0 heterocycles. The normalized spacial score (nSPS) is 21.9. The molecular formula is C19H16N2O2. The van der Waals surface area contributed by atoms with E-state index in [2.05, 4.69) is 5.32 Å². The quantitative estimate of drug-likeness (QED) is 0.856. The molecule has 23 heavy (non-hydrogen) atoms. The second-order valence-electron chi connectivity index (χ2n) is 6.01. The Kier molecular flexibility index (Phi) is 3.05. The fourth-order valence-corrected chi connectivity index (χ4v) is 3.66. The molecule has 0 saturated heterocycles. The molecule has 0 spiro atoms. The van der Waals surface area contributed by atoms with Crippen LogP contribution in [-0.2, 0) is 9.59 Å². The Balaban J connectivity index is 1.71. The van der Waals surface area contributed by atoms with Gasteiger partial charge < -0.3 is 11.1 Å². The molecule has 114 valence electrons. The van der Waals surface area contributed by atoms with Gasteiger partial charge in [0.25, 0.3) is 5.91 Å². The van der Waals surface area contributed by atoms with Crippen molar-refractivity contribution in [2.75, 3.05) is 5.32 Å². The van der Waals surface area contributed by atoms with Crippen molar-refractivity contribution in [1.82, 2.24) is 0 Å². The molecule has 0 radical (unpaired) electrons. The number of anilines is 1. The predicted octanol–water partition coefficient (Wildman–Crippen LogP) is 2.77. The molecular weight excluding hydrogens is 288 g/mol. The summed E-state index contributed by atoms with van der Waals surface area (Å²) in [5, 5.41) is 4.99. The van der Waals surface area contributed by atoms with E-state index >= 15 is 0 Å². The first-order valence-corrected chi connectivity index (χ1v) is 7.66. The third-order valence-corrected chi connectivity index (χ3v) is 4.66. The lowest BCUT2D eigenvalue weighted by atomic mass is 9.95. The highest BCUT2D eigenvalue weighted by molar-refractivity contribution is 6.14. The van der Waals surface area contributed by atoms with E-state index in [1.165, 1.54) is 0 Å². The summed E-state index contributed by atoms with van der Waals surface area (Å²) in [6.07, 6.45) is 4.74. The van der Waals surface area contributed by atoms with E-state index in [0.29, 0.717) is 11.1 Å². The molecule has 2 aromatic carbocycles. The van der Waals surface area contributed by atoms with Gasteiger partial charge in [0.2, 0.25) is 5.91 Å². The Labute approximate surface area is 133 Å². The van der Waals surface area contributed by atoms with Crippen LogP contribution in [0.2, 0.25) is 0 Å². The molecule has 4 heteroatoms. The Bertz CT molecular complexity index is 890. The number of rotatable bonds is 3. The van der Waals surface area contributed by atoms with Crippen molar-refractivity contribution >= 4 is 28.3 Å². The fourth-order valence-electron chi connectivity index (χ4n) is 3.66. The minimum Gasteiger partial charge on any atom is -0.366 e. The standard InChI is InChI=1S/C19H16N2O2/c20-18(22)16-12-8-9-13(10-12)17(16)19(23)21-15-7-3-5-11-4-1-2-6-14(11)15/h1-9,12-13H,10H2,(H2,20,22)(H,21,23). The first-order valence-electron chi connectivity index (χ1n) is 7.66. The monoisotopic (exact) mass is 304 g/mol. The average Bonchev–Trinajstić information content (AvgIpc) is 3.16. The van der Waals surface area contributed by atoms with Crippen molar-refractivity contribution in [1.29, 1.82) is 0 Å². The molecule has 4 nitrogen and oxygen atoms in total. The van der Waals surface area contributed by atoms with Gasteiger partial charge >= 0.3 is 0 Å². The average molecular weight is 304 g/mol. The van der Waals surface area contributed by atoms with Gasteiger partial charge in [0.05, 0.1) is 0 Å². The summed E-state index contributed by atoms with van der Waals surface area (Å²) in [7, 11) is 0. The number of hydrogen-bond donors (Lipinski definition) is 2. The minimum absolute atomic E-state index is 0.00234. The number of allylic oxidation sites excluding steroid dienone is 2. The van der Waals surface area contributed by atoms with Crippen LogP contribution in [0.25, 0.3) is 10.8 Å². The molecule has 0 fully saturated rings. The van der Waals surface area contributed by atoms with Gasteiger partial charge in [-0.05, 0) is 17.9 Å². The Morgan fingerprint density at radius 2 is 1.65 bits per heavy atom. The number of carbonyl (C=O) groups is 2. The Morgan fingerprint density at radius 1 is 0.957 bits per heavy atom. The number of primary amides is 1. The van der Waals surface area contributed by atoms with Gasteiger partial charge in [0.15, 0.2) is 0 Å². The van der Waals surface area contributed by atoms with E-state index in [-0.39, 0.29) is 17.7 Å². The van der Waals surface area contributed by atoms with Crippen LogP contribution >= 0.6 is 0 Å². The van der Waals surface area contributed by atoms with Crippen molar-refractivity contribution in [3.05, 3.63) is 65.8 Å². The van der Waals surface area contributed by atoms with Gasteiger partial charge in [-0.3, -0.25) is 9.59 Å². The van der Waals surface area contributed by atoms with Crippen molar-refractivity contribution in [2.24, 2.45) is 17.6 Å². The summed E-state index contributed by atoms with van der Waals surface area (Å²) in [5.41, 5.74) is 7.23.